The number of carbonyl (C=O) groups is 1. The number of aliphatic hydroxyl groups is 1. The van der Waals surface area contributed by atoms with E-state index in [1.54, 1.807) is 13.0 Å². The van der Waals surface area contributed by atoms with E-state index in [4.69, 9.17) is 0 Å². The third kappa shape index (κ3) is 2.24. The molecule has 1 aliphatic carbocycles. The number of rotatable bonds is 2. The number of hydrogen-bond donors (Lipinski definition) is 2. The van der Waals surface area contributed by atoms with Crippen LogP contribution in [0.3, 0.4) is 0 Å². The molecular weight excluding hydrogens is 214 g/mol. The molecule has 3 heteroatoms. The van der Waals surface area contributed by atoms with E-state index in [0.29, 0.717) is 12.0 Å². The fraction of sp³-hybridized carbons (Fsp3) is 0.357. The molecule has 1 aromatic rings. The first-order valence-corrected chi connectivity index (χ1v) is 5.83. The van der Waals surface area contributed by atoms with E-state index in [2.05, 4.69) is 5.32 Å². The highest BCUT2D eigenvalue weighted by Gasteiger charge is 2.31. The third-order valence-electron chi connectivity index (χ3n) is 3.28. The summed E-state index contributed by atoms with van der Waals surface area (Å²) in [5.74, 6) is -0.117. The Bertz CT molecular complexity index is 465. The van der Waals surface area contributed by atoms with Crippen LogP contribution in [0.25, 0.3) is 0 Å². The summed E-state index contributed by atoms with van der Waals surface area (Å²) in [7, 11) is 0. The van der Waals surface area contributed by atoms with Gasteiger partial charge in [0.15, 0.2) is 0 Å². The average molecular weight is 231 g/mol. The van der Waals surface area contributed by atoms with E-state index in [-0.39, 0.29) is 11.9 Å². The van der Waals surface area contributed by atoms with Crippen LogP contribution in [0.15, 0.2) is 35.9 Å². The molecule has 1 amide bonds. The lowest BCUT2D eigenvalue weighted by Crippen LogP contribution is -2.34. The van der Waals surface area contributed by atoms with E-state index in [0.717, 1.165) is 11.1 Å². The number of allylic oxidation sites excluding steroid dienone is 1. The first-order valence-electron chi connectivity index (χ1n) is 5.83. The predicted octanol–water partition coefficient (Wildman–Crippen LogP) is 1.73. The maximum atomic E-state index is 11.8. The van der Waals surface area contributed by atoms with Crippen molar-refractivity contribution >= 4 is 5.91 Å². The quantitative estimate of drug-likeness (QED) is 0.761. The van der Waals surface area contributed by atoms with Crippen LogP contribution in [0.2, 0.25) is 0 Å². The highest BCUT2D eigenvalue weighted by atomic mass is 16.3. The molecule has 0 fully saturated rings. The number of aliphatic hydroxyl groups excluding tert-OH is 1. The van der Waals surface area contributed by atoms with Crippen molar-refractivity contribution in [2.24, 2.45) is 0 Å². The zero-order chi connectivity index (χ0) is 12.4. The molecule has 2 atom stereocenters. The Labute approximate surface area is 101 Å². The Balaban J connectivity index is 2.20. The highest BCUT2D eigenvalue weighted by Crippen LogP contribution is 2.31. The van der Waals surface area contributed by atoms with Gasteiger partial charge in [-0.05, 0) is 25.0 Å². The number of carbonyl (C=O) groups excluding carboxylic acids is 1. The Morgan fingerprint density at radius 1 is 1.47 bits per heavy atom. The smallest absolute Gasteiger partial charge is 0.247 e. The van der Waals surface area contributed by atoms with E-state index in [1.807, 2.05) is 31.2 Å². The van der Waals surface area contributed by atoms with Crippen molar-refractivity contribution in [2.75, 3.05) is 0 Å². The van der Waals surface area contributed by atoms with Crippen LogP contribution in [0.5, 0.6) is 0 Å². The molecule has 0 spiro atoms. The molecule has 0 aromatic heterocycles. The molecule has 90 valence electrons. The topological polar surface area (TPSA) is 49.3 Å². The average Bonchev–Trinajstić information content (AvgIpc) is 2.65. The fourth-order valence-corrected chi connectivity index (χ4v) is 2.13. The standard InChI is InChI=1S/C14H17NO2/c1-3-9(2)14(17)15-13-11-7-5-4-6-10(11)8-12(13)16/h3-7,12-13,16H,8H2,1-2H3,(H,15,17)/b9-3-. The lowest BCUT2D eigenvalue weighted by atomic mass is 10.1. The molecule has 2 rings (SSSR count). The van der Waals surface area contributed by atoms with E-state index >= 15 is 0 Å². The van der Waals surface area contributed by atoms with Gasteiger partial charge < -0.3 is 10.4 Å². The molecule has 0 saturated carbocycles. The van der Waals surface area contributed by atoms with Crippen molar-refractivity contribution in [3.8, 4) is 0 Å². The molecule has 0 bridgehead atoms. The molecule has 17 heavy (non-hydrogen) atoms. The minimum atomic E-state index is -0.527. The Hall–Kier alpha value is -1.61. The Kier molecular flexibility index (Phi) is 3.29. The molecule has 2 unspecified atom stereocenters. The summed E-state index contributed by atoms with van der Waals surface area (Å²) in [5, 5.41) is 12.9. The first-order chi connectivity index (χ1) is 8.13. The molecule has 2 N–H and O–H groups in total. The molecular formula is C14H17NO2. The summed E-state index contributed by atoms with van der Waals surface area (Å²) in [6.07, 6.45) is 1.85. The molecule has 0 saturated heterocycles. The van der Waals surface area contributed by atoms with Crippen LogP contribution >= 0.6 is 0 Å². The number of fused-ring (bicyclic) bond motifs is 1. The normalized spacial score (nSPS) is 23.4. The van der Waals surface area contributed by atoms with Crippen molar-refractivity contribution in [1.29, 1.82) is 0 Å². The summed E-state index contributed by atoms with van der Waals surface area (Å²) in [4.78, 5) is 11.8. The summed E-state index contributed by atoms with van der Waals surface area (Å²) in [6.45, 7) is 3.59. The fourth-order valence-electron chi connectivity index (χ4n) is 2.13. The Morgan fingerprint density at radius 2 is 2.18 bits per heavy atom. The van der Waals surface area contributed by atoms with Gasteiger partial charge in [0.1, 0.15) is 0 Å². The van der Waals surface area contributed by atoms with E-state index in [9.17, 15) is 9.90 Å². The summed E-state index contributed by atoms with van der Waals surface area (Å²) in [5.41, 5.74) is 2.81. The van der Waals surface area contributed by atoms with Gasteiger partial charge in [0.2, 0.25) is 5.91 Å². The minimum Gasteiger partial charge on any atom is -0.390 e. The molecule has 0 radical (unpaired) electrons. The second-order valence-corrected chi connectivity index (χ2v) is 4.39. The number of benzene rings is 1. The van der Waals surface area contributed by atoms with Gasteiger partial charge in [-0.3, -0.25) is 4.79 Å². The number of hydrogen-bond acceptors (Lipinski definition) is 2. The van der Waals surface area contributed by atoms with Crippen LogP contribution in [-0.2, 0) is 11.2 Å². The zero-order valence-corrected chi connectivity index (χ0v) is 10.1. The molecule has 0 heterocycles. The second kappa shape index (κ2) is 4.72. The second-order valence-electron chi connectivity index (χ2n) is 4.39. The van der Waals surface area contributed by atoms with Crippen LogP contribution in [0, 0.1) is 0 Å². The van der Waals surface area contributed by atoms with Gasteiger partial charge in [-0.2, -0.15) is 0 Å². The molecule has 1 aliphatic rings. The molecule has 0 aliphatic heterocycles. The highest BCUT2D eigenvalue weighted by molar-refractivity contribution is 5.93. The van der Waals surface area contributed by atoms with Crippen LogP contribution in [0.1, 0.15) is 31.0 Å². The number of amides is 1. The van der Waals surface area contributed by atoms with Gasteiger partial charge in [-0.25, -0.2) is 0 Å². The SMILES string of the molecule is C/C=C(/C)C(=O)NC1c2ccccc2CC1O. The Morgan fingerprint density at radius 3 is 2.88 bits per heavy atom. The van der Waals surface area contributed by atoms with Gasteiger partial charge in [-0.1, -0.05) is 30.3 Å². The van der Waals surface area contributed by atoms with Crippen LogP contribution in [-0.4, -0.2) is 17.1 Å². The van der Waals surface area contributed by atoms with Crippen molar-refractivity contribution in [3.05, 3.63) is 47.0 Å². The van der Waals surface area contributed by atoms with Crippen molar-refractivity contribution in [2.45, 2.75) is 32.4 Å². The largest absolute Gasteiger partial charge is 0.390 e. The lowest BCUT2D eigenvalue weighted by molar-refractivity contribution is -0.118. The van der Waals surface area contributed by atoms with Crippen LogP contribution in [0.4, 0.5) is 0 Å². The van der Waals surface area contributed by atoms with Crippen molar-refractivity contribution < 1.29 is 9.90 Å². The van der Waals surface area contributed by atoms with Gasteiger partial charge in [0.25, 0.3) is 0 Å². The monoisotopic (exact) mass is 231 g/mol. The maximum Gasteiger partial charge on any atom is 0.247 e. The third-order valence-corrected chi connectivity index (χ3v) is 3.28. The lowest BCUT2D eigenvalue weighted by Gasteiger charge is -2.18. The molecule has 3 nitrogen and oxygen atoms in total. The van der Waals surface area contributed by atoms with Gasteiger partial charge in [0.05, 0.1) is 12.1 Å². The van der Waals surface area contributed by atoms with Crippen molar-refractivity contribution in [3.63, 3.8) is 0 Å². The predicted molar refractivity (Wildman–Crippen MR) is 66.5 cm³/mol. The van der Waals surface area contributed by atoms with Crippen LogP contribution < -0.4 is 5.32 Å². The number of nitrogens with one attached hydrogen (secondary N) is 1. The zero-order valence-electron chi connectivity index (χ0n) is 10.1. The van der Waals surface area contributed by atoms with Gasteiger partial charge >= 0.3 is 0 Å². The first kappa shape index (κ1) is 11.9. The molecule has 1 aromatic carbocycles. The summed E-state index contributed by atoms with van der Waals surface area (Å²) >= 11 is 0. The van der Waals surface area contributed by atoms with Crippen molar-refractivity contribution in [1.82, 2.24) is 5.32 Å². The van der Waals surface area contributed by atoms with E-state index < -0.39 is 6.10 Å². The van der Waals surface area contributed by atoms with E-state index in [1.165, 1.54) is 0 Å². The minimum absolute atomic E-state index is 0.117. The van der Waals surface area contributed by atoms with Gasteiger partial charge in [0, 0.05) is 12.0 Å². The maximum absolute atomic E-state index is 11.8. The summed E-state index contributed by atoms with van der Waals surface area (Å²) in [6, 6.07) is 7.55. The summed E-state index contributed by atoms with van der Waals surface area (Å²) < 4.78 is 0. The van der Waals surface area contributed by atoms with Gasteiger partial charge in [-0.15, -0.1) is 0 Å².